The summed E-state index contributed by atoms with van der Waals surface area (Å²) in [4.78, 5) is 30.2. The predicted molar refractivity (Wildman–Crippen MR) is 115 cm³/mol. The van der Waals surface area contributed by atoms with Crippen molar-refractivity contribution in [1.29, 1.82) is 0 Å². The van der Waals surface area contributed by atoms with Crippen molar-refractivity contribution in [2.75, 3.05) is 0 Å². The van der Waals surface area contributed by atoms with Crippen molar-refractivity contribution in [2.45, 2.75) is 50.7 Å². The molecule has 2 amide bonds. The third-order valence-corrected chi connectivity index (χ3v) is 7.01. The van der Waals surface area contributed by atoms with E-state index in [4.69, 9.17) is 4.42 Å². The highest BCUT2D eigenvalue weighted by Gasteiger charge is 2.34. The van der Waals surface area contributed by atoms with Gasteiger partial charge in [0, 0.05) is 15.8 Å². The Balaban J connectivity index is 1.62. The number of amides is 2. The van der Waals surface area contributed by atoms with Crippen molar-refractivity contribution in [3.63, 3.8) is 0 Å². The number of furan rings is 1. The normalized spacial score (nSPS) is 15.3. The maximum Gasteiger partial charge on any atom is 0.248 e. The molecule has 3 aromatic rings. The highest BCUT2D eigenvalue weighted by molar-refractivity contribution is 7.10. The Labute approximate surface area is 178 Å². The van der Waals surface area contributed by atoms with E-state index in [2.05, 4.69) is 5.32 Å². The molecule has 1 aliphatic carbocycles. The lowest BCUT2D eigenvalue weighted by Gasteiger charge is -2.30. The van der Waals surface area contributed by atoms with Gasteiger partial charge in [0.2, 0.25) is 11.8 Å². The molecule has 7 heteroatoms. The van der Waals surface area contributed by atoms with Crippen LogP contribution in [0.25, 0.3) is 0 Å². The van der Waals surface area contributed by atoms with Crippen LogP contribution in [0.3, 0.4) is 0 Å². The van der Waals surface area contributed by atoms with Crippen molar-refractivity contribution >= 4 is 34.5 Å². The number of hydrogen-bond donors (Lipinski definition) is 1. The molecule has 1 N–H and O–H groups in total. The largest absolute Gasteiger partial charge is 0.467 e. The van der Waals surface area contributed by atoms with Gasteiger partial charge in [0.25, 0.3) is 0 Å². The molecule has 5 nitrogen and oxygen atoms in total. The average molecular weight is 429 g/mol. The van der Waals surface area contributed by atoms with Gasteiger partial charge in [-0.05, 0) is 47.9 Å². The Morgan fingerprint density at radius 1 is 1.10 bits per heavy atom. The van der Waals surface area contributed by atoms with Gasteiger partial charge >= 0.3 is 0 Å². The fourth-order valence-corrected chi connectivity index (χ4v) is 5.31. The van der Waals surface area contributed by atoms with Gasteiger partial charge in [0.1, 0.15) is 11.8 Å². The molecule has 0 bridgehead atoms. The number of thiophene rings is 2. The van der Waals surface area contributed by atoms with Crippen molar-refractivity contribution in [3.05, 3.63) is 68.9 Å². The van der Waals surface area contributed by atoms with Crippen molar-refractivity contribution in [2.24, 2.45) is 0 Å². The molecule has 3 aromatic heterocycles. The summed E-state index contributed by atoms with van der Waals surface area (Å²) in [7, 11) is 0. The topological polar surface area (TPSA) is 62.6 Å². The summed E-state index contributed by atoms with van der Waals surface area (Å²) in [6.07, 6.45) is 6.16. The first-order chi connectivity index (χ1) is 14.2. The summed E-state index contributed by atoms with van der Waals surface area (Å²) in [5, 5.41) is 7.09. The average Bonchev–Trinajstić information content (AvgIpc) is 3.49. The van der Waals surface area contributed by atoms with E-state index in [1.165, 1.54) is 11.3 Å². The molecule has 4 rings (SSSR count). The van der Waals surface area contributed by atoms with Crippen LogP contribution in [0.15, 0.2) is 57.8 Å². The van der Waals surface area contributed by atoms with Gasteiger partial charge in [0.15, 0.2) is 0 Å². The Bertz CT molecular complexity index is 898. The lowest BCUT2D eigenvalue weighted by molar-refractivity contribution is -0.141. The van der Waals surface area contributed by atoms with Gasteiger partial charge in [-0.15, -0.1) is 22.7 Å². The first-order valence-electron chi connectivity index (χ1n) is 9.88. The number of carbonyl (C=O) groups excluding carboxylic acids is 2. The quantitative estimate of drug-likeness (QED) is 0.562. The molecule has 0 spiro atoms. The first-order valence-corrected chi connectivity index (χ1v) is 11.6. The number of carbonyl (C=O) groups is 2. The number of nitrogens with one attached hydrogen (secondary N) is 1. The van der Waals surface area contributed by atoms with Gasteiger partial charge in [-0.25, -0.2) is 0 Å². The number of nitrogens with zero attached hydrogens (tertiary/aromatic N) is 1. The molecule has 1 atom stereocenters. The van der Waals surface area contributed by atoms with E-state index in [-0.39, 0.29) is 30.8 Å². The lowest BCUT2D eigenvalue weighted by Crippen LogP contribution is -2.46. The zero-order valence-corrected chi connectivity index (χ0v) is 17.7. The fraction of sp³-hybridized carbons (Fsp3) is 0.364. The fourth-order valence-electron chi connectivity index (χ4n) is 3.78. The SMILES string of the molecule is O=C(NC1CCCC1)[C@H](c1cccs1)N(Cc1ccco1)C(=O)Cc1cccs1. The van der Waals surface area contributed by atoms with Gasteiger partial charge in [-0.3, -0.25) is 9.59 Å². The van der Waals surface area contributed by atoms with Crippen LogP contribution in [-0.2, 0) is 22.6 Å². The Morgan fingerprint density at radius 3 is 2.55 bits per heavy atom. The van der Waals surface area contributed by atoms with Gasteiger partial charge in [0.05, 0.1) is 19.2 Å². The van der Waals surface area contributed by atoms with Crippen LogP contribution in [0.2, 0.25) is 0 Å². The maximum atomic E-state index is 13.3. The molecule has 152 valence electrons. The molecule has 0 unspecified atom stereocenters. The first kappa shape index (κ1) is 19.9. The summed E-state index contributed by atoms with van der Waals surface area (Å²) in [6, 6.07) is 10.9. The number of rotatable bonds is 8. The van der Waals surface area contributed by atoms with E-state index >= 15 is 0 Å². The van der Waals surface area contributed by atoms with Gasteiger partial charge < -0.3 is 14.6 Å². The molecule has 1 fully saturated rings. The molecule has 0 saturated heterocycles. The van der Waals surface area contributed by atoms with Gasteiger partial charge in [-0.2, -0.15) is 0 Å². The van der Waals surface area contributed by atoms with E-state index in [0.717, 1.165) is 35.4 Å². The Morgan fingerprint density at radius 2 is 1.90 bits per heavy atom. The minimum absolute atomic E-state index is 0.0798. The molecular weight excluding hydrogens is 404 g/mol. The maximum absolute atomic E-state index is 13.3. The molecular formula is C22H24N2O3S2. The van der Waals surface area contributed by atoms with Gasteiger partial charge in [-0.1, -0.05) is 25.0 Å². The zero-order valence-electron chi connectivity index (χ0n) is 16.1. The van der Waals surface area contributed by atoms with Crippen molar-refractivity contribution in [1.82, 2.24) is 10.2 Å². The van der Waals surface area contributed by atoms with Crippen LogP contribution < -0.4 is 5.32 Å². The van der Waals surface area contributed by atoms with Crippen LogP contribution in [0.1, 0.15) is 47.2 Å². The second-order valence-corrected chi connectivity index (χ2v) is 9.28. The minimum atomic E-state index is -0.659. The van der Waals surface area contributed by atoms with E-state index in [1.54, 1.807) is 28.6 Å². The molecule has 29 heavy (non-hydrogen) atoms. The molecule has 0 aromatic carbocycles. The zero-order chi connectivity index (χ0) is 20.1. The summed E-state index contributed by atoms with van der Waals surface area (Å²) in [5.41, 5.74) is 0. The summed E-state index contributed by atoms with van der Waals surface area (Å²) < 4.78 is 5.51. The van der Waals surface area contributed by atoms with Crippen LogP contribution in [0, 0.1) is 0 Å². The second-order valence-electron chi connectivity index (χ2n) is 7.27. The predicted octanol–water partition coefficient (Wildman–Crippen LogP) is 4.77. The summed E-state index contributed by atoms with van der Waals surface area (Å²) in [6.45, 7) is 0.262. The lowest BCUT2D eigenvalue weighted by atomic mass is 10.1. The molecule has 0 radical (unpaired) electrons. The molecule has 0 aliphatic heterocycles. The minimum Gasteiger partial charge on any atom is -0.467 e. The Kier molecular flexibility index (Phi) is 6.46. The van der Waals surface area contributed by atoms with E-state index < -0.39 is 6.04 Å². The van der Waals surface area contributed by atoms with Crippen molar-refractivity contribution in [3.8, 4) is 0 Å². The standard InChI is InChI=1S/C22H24N2O3S2/c25-20(14-18-9-4-12-28-18)24(15-17-8-3-11-27-17)21(19-10-5-13-29-19)22(26)23-16-6-1-2-7-16/h3-5,8-13,16,21H,1-2,6-7,14-15H2,(H,23,26)/t21-/m0/s1. The van der Waals surface area contributed by atoms with E-state index in [0.29, 0.717) is 5.76 Å². The van der Waals surface area contributed by atoms with Crippen LogP contribution in [-0.4, -0.2) is 22.8 Å². The van der Waals surface area contributed by atoms with E-state index in [1.807, 2.05) is 41.1 Å². The monoisotopic (exact) mass is 428 g/mol. The molecule has 1 saturated carbocycles. The molecule has 1 aliphatic rings. The number of hydrogen-bond acceptors (Lipinski definition) is 5. The summed E-state index contributed by atoms with van der Waals surface area (Å²) >= 11 is 3.05. The van der Waals surface area contributed by atoms with Crippen LogP contribution in [0.5, 0.6) is 0 Å². The third-order valence-electron chi connectivity index (χ3n) is 5.21. The van der Waals surface area contributed by atoms with Crippen LogP contribution in [0.4, 0.5) is 0 Å². The smallest absolute Gasteiger partial charge is 0.248 e. The summed E-state index contributed by atoms with van der Waals surface area (Å²) in [5.74, 6) is 0.481. The highest BCUT2D eigenvalue weighted by Crippen LogP contribution is 2.29. The second kappa shape index (κ2) is 9.41. The third kappa shape index (κ3) is 4.97. The highest BCUT2D eigenvalue weighted by atomic mass is 32.1. The van der Waals surface area contributed by atoms with E-state index in [9.17, 15) is 9.59 Å². The molecule has 3 heterocycles. The van der Waals surface area contributed by atoms with Crippen molar-refractivity contribution < 1.29 is 14.0 Å². The Hall–Kier alpha value is -2.38. The van der Waals surface area contributed by atoms with Crippen LogP contribution >= 0.6 is 22.7 Å².